The van der Waals surface area contributed by atoms with Crippen LogP contribution >= 0.6 is 0 Å². The molecule has 5 nitrogen and oxygen atoms in total. The molecule has 3 rings (SSSR count). The lowest BCUT2D eigenvalue weighted by Crippen LogP contribution is -2.36. The van der Waals surface area contributed by atoms with Gasteiger partial charge in [-0.2, -0.15) is 0 Å². The highest BCUT2D eigenvalue weighted by Crippen LogP contribution is 2.52. The number of nitrogens with two attached hydrogens (primary N) is 1. The van der Waals surface area contributed by atoms with Gasteiger partial charge in [-0.1, -0.05) is 6.42 Å². The second-order valence-electron chi connectivity index (χ2n) is 5.81. The summed E-state index contributed by atoms with van der Waals surface area (Å²) >= 11 is 0. The van der Waals surface area contributed by atoms with E-state index in [0.29, 0.717) is 5.92 Å². The highest BCUT2D eigenvalue weighted by atomic mass is 16.2. The smallest absolute Gasteiger partial charge is 0.330 e. The normalized spacial score (nSPS) is 31.7. The van der Waals surface area contributed by atoms with Gasteiger partial charge in [-0.05, 0) is 43.9 Å². The predicted octanol–water partition coefficient (Wildman–Crippen LogP) is 1.12. The van der Waals surface area contributed by atoms with Crippen LogP contribution in [0.1, 0.15) is 38.6 Å². The van der Waals surface area contributed by atoms with E-state index in [1.54, 1.807) is 4.57 Å². The van der Waals surface area contributed by atoms with Crippen LogP contribution in [0.15, 0.2) is 15.7 Å². The molecule has 0 aromatic carbocycles. The summed E-state index contributed by atoms with van der Waals surface area (Å²) in [6, 6.07) is 1.37. The molecule has 18 heavy (non-hydrogen) atoms. The molecule has 1 aromatic heterocycles. The van der Waals surface area contributed by atoms with Crippen molar-refractivity contribution in [3.8, 4) is 0 Å². The number of aromatic amines is 1. The molecular weight excluding hydrogens is 230 g/mol. The Kier molecular flexibility index (Phi) is 2.57. The molecule has 1 aromatic rings. The Morgan fingerprint density at radius 2 is 2.17 bits per heavy atom. The summed E-state index contributed by atoms with van der Waals surface area (Å²) in [4.78, 5) is 25.4. The Balaban J connectivity index is 1.96. The van der Waals surface area contributed by atoms with Crippen molar-refractivity contribution in [2.75, 3.05) is 5.73 Å². The minimum absolute atomic E-state index is 0.0737. The number of rotatable bonds is 2. The number of anilines is 1. The lowest BCUT2D eigenvalue weighted by Gasteiger charge is -2.29. The first-order chi connectivity index (χ1) is 8.56. The highest BCUT2D eigenvalue weighted by Gasteiger charge is 2.42. The molecule has 98 valence electrons. The zero-order valence-electron chi connectivity index (χ0n) is 10.6. The van der Waals surface area contributed by atoms with Crippen molar-refractivity contribution < 1.29 is 0 Å². The van der Waals surface area contributed by atoms with Crippen molar-refractivity contribution in [1.29, 1.82) is 0 Å². The summed E-state index contributed by atoms with van der Waals surface area (Å²) in [6.07, 6.45) is 5.10. The summed E-state index contributed by atoms with van der Waals surface area (Å²) in [5.74, 6) is 2.36. The zero-order valence-corrected chi connectivity index (χ0v) is 10.6. The molecule has 5 heteroatoms. The number of hydrogen-bond donors (Lipinski definition) is 2. The third-order valence-corrected chi connectivity index (χ3v) is 4.83. The number of aromatic nitrogens is 2. The fraction of sp³-hybridized carbons (Fsp3) is 0.692. The molecule has 0 amide bonds. The van der Waals surface area contributed by atoms with Crippen molar-refractivity contribution in [3.05, 3.63) is 26.9 Å². The quantitative estimate of drug-likeness (QED) is 0.824. The van der Waals surface area contributed by atoms with Crippen LogP contribution in [-0.4, -0.2) is 9.55 Å². The molecule has 0 spiro atoms. The van der Waals surface area contributed by atoms with E-state index < -0.39 is 5.56 Å². The van der Waals surface area contributed by atoms with Gasteiger partial charge in [0.1, 0.15) is 5.82 Å². The van der Waals surface area contributed by atoms with Gasteiger partial charge >= 0.3 is 5.69 Å². The second kappa shape index (κ2) is 4.00. The van der Waals surface area contributed by atoms with E-state index in [1.807, 2.05) is 6.92 Å². The van der Waals surface area contributed by atoms with E-state index in [0.717, 1.165) is 11.8 Å². The van der Waals surface area contributed by atoms with Crippen molar-refractivity contribution in [2.45, 2.75) is 38.6 Å². The maximum atomic E-state index is 11.9. The minimum atomic E-state index is -0.422. The first kappa shape index (κ1) is 11.6. The fourth-order valence-electron chi connectivity index (χ4n) is 4.02. The van der Waals surface area contributed by atoms with Crippen LogP contribution in [0.2, 0.25) is 0 Å². The fourth-order valence-corrected chi connectivity index (χ4v) is 4.02. The van der Waals surface area contributed by atoms with E-state index in [1.165, 1.54) is 31.7 Å². The van der Waals surface area contributed by atoms with E-state index >= 15 is 0 Å². The van der Waals surface area contributed by atoms with Crippen molar-refractivity contribution in [1.82, 2.24) is 9.55 Å². The van der Waals surface area contributed by atoms with Crippen LogP contribution in [0.3, 0.4) is 0 Å². The van der Waals surface area contributed by atoms with E-state index in [4.69, 9.17) is 5.73 Å². The molecule has 2 aliphatic rings. The first-order valence-corrected chi connectivity index (χ1v) is 6.67. The second-order valence-corrected chi connectivity index (χ2v) is 5.81. The Morgan fingerprint density at radius 3 is 2.72 bits per heavy atom. The third kappa shape index (κ3) is 1.69. The molecule has 3 N–H and O–H groups in total. The topological polar surface area (TPSA) is 80.9 Å². The standard InChI is InChI=1S/C13H19N3O2/c1-7(10-5-8-2-3-9(10)4-8)16-11(14)6-12(17)15-13(16)18/h6-10H,2-5,14H2,1H3,(H,15,17,18)/t7-,8+,9+,10+/m1/s1. The summed E-state index contributed by atoms with van der Waals surface area (Å²) in [5, 5.41) is 0. The number of hydrogen-bond acceptors (Lipinski definition) is 3. The van der Waals surface area contributed by atoms with Crippen LogP contribution in [0.4, 0.5) is 5.82 Å². The number of nitrogens with zero attached hydrogens (tertiary/aromatic N) is 1. The largest absolute Gasteiger partial charge is 0.385 e. The Morgan fingerprint density at radius 1 is 1.39 bits per heavy atom. The summed E-state index contributed by atoms with van der Waals surface area (Å²) in [6.45, 7) is 2.04. The van der Waals surface area contributed by atoms with E-state index in [9.17, 15) is 9.59 Å². The van der Waals surface area contributed by atoms with Gasteiger partial charge in [0.15, 0.2) is 0 Å². The number of H-pyrrole nitrogens is 1. The molecular formula is C13H19N3O2. The van der Waals surface area contributed by atoms with Gasteiger partial charge in [0.2, 0.25) is 0 Å². The average Bonchev–Trinajstić information content (AvgIpc) is 2.88. The molecule has 0 aliphatic heterocycles. The summed E-state index contributed by atoms with van der Waals surface area (Å²) in [5.41, 5.74) is 5.03. The van der Waals surface area contributed by atoms with Crippen LogP contribution in [0.5, 0.6) is 0 Å². The molecule has 2 bridgehead atoms. The van der Waals surface area contributed by atoms with Gasteiger partial charge in [-0.15, -0.1) is 0 Å². The maximum Gasteiger partial charge on any atom is 0.330 e. The van der Waals surface area contributed by atoms with Gasteiger partial charge in [0, 0.05) is 12.1 Å². The van der Waals surface area contributed by atoms with Gasteiger partial charge < -0.3 is 5.73 Å². The van der Waals surface area contributed by atoms with Crippen LogP contribution < -0.4 is 17.0 Å². The summed E-state index contributed by atoms with van der Waals surface area (Å²) in [7, 11) is 0. The lowest BCUT2D eigenvalue weighted by atomic mass is 9.84. The van der Waals surface area contributed by atoms with Gasteiger partial charge in [0.25, 0.3) is 5.56 Å². The van der Waals surface area contributed by atoms with Crippen LogP contribution in [0, 0.1) is 17.8 Å². The molecule has 0 unspecified atom stereocenters. The van der Waals surface area contributed by atoms with Crippen molar-refractivity contribution >= 4 is 5.82 Å². The van der Waals surface area contributed by atoms with Crippen molar-refractivity contribution in [2.24, 2.45) is 17.8 Å². The molecule has 2 saturated carbocycles. The lowest BCUT2D eigenvalue weighted by molar-refractivity contribution is 0.239. The third-order valence-electron chi connectivity index (χ3n) is 4.83. The SMILES string of the molecule is C[C@H]([C@@H]1C[C@H]2CC[C@H]1C2)n1c(N)cc(=O)[nH]c1=O. The monoisotopic (exact) mass is 249 g/mol. The van der Waals surface area contributed by atoms with Gasteiger partial charge in [-0.25, -0.2) is 4.79 Å². The minimum Gasteiger partial charge on any atom is -0.385 e. The number of fused-ring (bicyclic) bond motifs is 2. The van der Waals surface area contributed by atoms with Crippen LogP contribution in [-0.2, 0) is 0 Å². The molecule has 2 fully saturated rings. The maximum absolute atomic E-state index is 11.9. The summed E-state index contributed by atoms with van der Waals surface area (Å²) < 4.78 is 1.55. The van der Waals surface area contributed by atoms with E-state index in [2.05, 4.69) is 4.98 Å². The highest BCUT2D eigenvalue weighted by molar-refractivity contribution is 5.27. The molecule has 0 saturated heterocycles. The number of nitrogens with one attached hydrogen (secondary N) is 1. The first-order valence-electron chi connectivity index (χ1n) is 6.67. The average molecular weight is 249 g/mol. The van der Waals surface area contributed by atoms with E-state index in [-0.39, 0.29) is 17.5 Å². The molecule has 4 atom stereocenters. The zero-order chi connectivity index (χ0) is 12.9. The van der Waals surface area contributed by atoms with Gasteiger partial charge in [0.05, 0.1) is 0 Å². The molecule has 1 heterocycles. The van der Waals surface area contributed by atoms with Crippen molar-refractivity contribution in [3.63, 3.8) is 0 Å². The predicted molar refractivity (Wildman–Crippen MR) is 69.4 cm³/mol. The Bertz CT molecular complexity index is 574. The number of nitrogen functional groups attached to an aromatic ring is 1. The Labute approximate surface area is 105 Å². The van der Waals surface area contributed by atoms with Gasteiger partial charge in [-0.3, -0.25) is 14.3 Å². The molecule has 0 radical (unpaired) electrons. The molecule has 2 aliphatic carbocycles. The Hall–Kier alpha value is -1.52. The van der Waals surface area contributed by atoms with Crippen LogP contribution in [0.25, 0.3) is 0 Å².